The number of halogens is 3. The van der Waals surface area contributed by atoms with Crippen LogP contribution in [0.3, 0.4) is 0 Å². The number of aryl methyl sites for hydroxylation is 1. The van der Waals surface area contributed by atoms with Gasteiger partial charge >= 0.3 is 6.18 Å². The fraction of sp³-hybridized carbons (Fsp3) is 0.391. The summed E-state index contributed by atoms with van der Waals surface area (Å²) in [4.78, 5) is 23.4. The first kappa shape index (κ1) is 25.9. The van der Waals surface area contributed by atoms with Crippen LogP contribution in [0, 0.1) is 6.92 Å². The van der Waals surface area contributed by atoms with Crippen LogP contribution in [0.5, 0.6) is 11.6 Å². The second kappa shape index (κ2) is 10.3. The number of carbonyl (C=O) groups is 1. The monoisotopic (exact) mass is 493 g/mol. The molecule has 0 aromatic carbocycles. The summed E-state index contributed by atoms with van der Waals surface area (Å²) in [5.74, 6) is 0.438. The van der Waals surface area contributed by atoms with Gasteiger partial charge in [0.1, 0.15) is 6.54 Å². The van der Waals surface area contributed by atoms with Crippen molar-refractivity contribution >= 4 is 11.6 Å². The number of anilines is 1. The van der Waals surface area contributed by atoms with Crippen molar-refractivity contribution in [3.05, 3.63) is 47.5 Å². The average Bonchev–Trinajstić information content (AvgIpc) is 3.34. The Labute approximate surface area is 200 Å². The third-order valence-corrected chi connectivity index (χ3v) is 5.23. The molecule has 12 heteroatoms. The summed E-state index contributed by atoms with van der Waals surface area (Å²) in [6.45, 7) is 4.26. The maximum atomic E-state index is 13.1. The van der Waals surface area contributed by atoms with E-state index in [0.717, 1.165) is 4.68 Å². The molecule has 0 aliphatic carbocycles. The lowest BCUT2D eigenvalue weighted by Crippen LogP contribution is -2.26. The first-order valence-electron chi connectivity index (χ1n) is 10.7. The highest BCUT2D eigenvalue weighted by atomic mass is 19.4. The van der Waals surface area contributed by atoms with Crippen LogP contribution in [0.25, 0.3) is 11.3 Å². The van der Waals surface area contributed by atoms with Crippen molar-refractivity contribution in [2.75, 3.05) is 25.7 Å². The summed E-state index contributed by atoms with van der Waals surface area (Å²) in [5, 5.41) is 11.3. The number of rotatable bonds is 5. The maximum absolute atomic E-state index is 13.1. The van der Waals surface area contributed by atoms with Crippen molar-refractivity contribution < 1.29 is 32.5 Å². The number of pyridine rings is 2. The number of hydrogen-bond acceptors (Lipinski definition) is 7. The van der Waals surface area contributed by atoms with E-state index in [1.807, 2.05) is 0 Å². The molecule has 4 heterocycles. The predicted octanol–water partition coefficient (Wildman–Crippen LogP) is 3.95. The lowest BCUT2D eigenvalue weighted by Gasteiger charge is -2.19. The molecule has 0 saturated heterocycles. The van der Waals surface area contributed by atoms with Crippen molar-refractivity contribution in [3.8, 4) is 22.9 Å². The molecule has 0 bridgehead atoms. The number of alkyl halides is 3. The lowest BCUT2D eigenvalue weighted by atomic mass is 10.0. The molecule has 1 amide bonds. The minimum Gasteiger partial charge on any atom is -0.491 e. The lowest BCUT2D eigenvalue weighted by molar-refractivity contribution is -0.142. The number of carbonyl (C=O) groups excluding carboxylic acids is 1. The molecule has 188 valence electrons. The van der Waals surface area contributed by atoms with Crippen LogP contribution in [0.15, 0.2) is 30.7 Å². The zero-order valence-electron chi connectivity index (χ0n) is 19.9. The van der Waals surface area contributed by atoms with Gasteiger partial charge in [0.05, 0.1) is 49.1 Å². The van der Waals surface area contributed by atoms with Crippen LogP contribution >= 0.6 is 0 Å². The molecule has 0 fully saturated rings. The van der Waals surface area contributed by atoms with Gasteiger partial charge in [-0.25, -0.2) is 9.97 Å². The Morgan fingerprint density at radius 2 is 1.86 bits per heavy atom. The SMILES string of the molecule is CCO.COc1cc(-c2cc(C)c3c(n2)C(C)N(c2cnn(CC(F)(F)F)c2)C3=O)cnc1OC. The van der Waals surface area contributed by atoms with E-state index in [0.29, 0.717) is 39.7 Å². The van der Waals surface area contributed by atoms with Crippen molar-refractivity contribution in [1.82, 2.24) is 19.7 Å². The molecule has 1 aliphatic heterocycles. The molecular formula is C23H26F3N5O4. The molecule has 1 aliphatic rings. The van der Waals surface area contributed by atoms with E-state index in [9.17, 15) is 18.0 Å². The Kier molecular flexibility index (Phi) is 7.64. The molecular weight excluding hydrogens is 467 g/mol. The Morgan fingerprint density at radius 1 is 1.17 bits per heavy atom. The number of aromatic nitrogens is 4. The molecule has 0 saturated carbocycles. The Balaban J connectivity index is 0.00000108. The van der Waals surface area contributed by atoms with E-state index in [-0.39, 0.29) is 18.2 Å². The second-order valence-corrected chi connectivity index (χ2v) is 7.70. The maximum Gasteiger partial charge on any atom is 0.408 e. The fourth-order valence-corrected chi connectivity index (χ4v) is 3.80. The van der Waals surface area contributed by atoms with Gasteiger partial charge in [-0.15, -0.1) is 0 Å². The number of methoxy groups -OCH3 is 2. The van der Waals surface area contributed by atoms with Crippen molar-refractivity contribution in [3.63, 3.8) is 0 Å². The smallest absolute Gasteiger partial charge is 0.408 e. The fourth-order valence-electron chi connectivity index (χ4n) is 3.80. The summed E-state index contributed by atoms with van der Waals surface area (Å²) in [7, 11) is 2.99. The molecule has 0 spiro atoms. The molecule has 0 radical (unpaired) electrons. The van der Waals surface area contributed by atoms with Gasteiger partial charge in [-0.05, 0) is 38.5 Å². The Hall–Kier alpha value is -3.67. The summed E-state index contributed by atoms with van der Waals surface area (Å²) in [6, 6.07) is 3.01. The van der Waals surface area contributed by atoms with E-state index >= 15 is 0 Å². The number of fused-ring (bicyclic) bond motifs is 1. The quantitative estimate of drug-likeness (QED) is 0.574. The molecule has 35 heavy (non-hydrogen) atoms. The zero-order chi connectivity index (χ0) is 25.9. The highest BCUT2D eigenvalue weighted by molar-refractivity contribution is 6.11. The van der Waals surface area contributed by atoms with Crippen LogP contribution in [-0.2, 0) is 6.54 Å². The second-order valence-electron chi connectivity index (χ2n) is 7.70. The van der Waals surface area contributed by atoms with Gasteiger partial charge in [0, 0.05) is 24.6 Å². The van der Waals surface area contributed by atoms with E-state index < -0.39 is 18.8 Å². The van der Waals surface area contributed by atoms with E-state index in [1.54, 1.807) is 39.1 Å². The molecule has 3 aromatic rings. The van der Waals surface area contributed by atoms with E-state index in [4.69, 9.17) is 14.6 Å². The van der Waals surface area contributed by atoms with E-state index in [2.05, 4.69) is 15.1 Å². The van der Waals surface area contributed by atoms with Crippen LogP contribution in [0.2, 0.25) is 0 Å². The molecule has 1 unspecified atom stereocenters. The topological polar surface area (TPSA) is 103 Å². The largest absolute Gasteiger partial charge is 0.491 e. The predicted molar refractivity (Wildman–Crippen MR) is 122 cm³/mol. The van der Waals surface area contributed by atoms with Gasteiger partial charge in [-0.2, -0.15) is 18.3 Å². The van der Waals surface area contributed by atoms with Crippen LogP contribution in [-0.4, -0.2) is 57.8 Å². The standard InChI is InChI=1S/C21H20F3N5O3.C2H6O/c1-11-5-15(13-6-16(31-3)19(32-4)25-7-13)27-18-12(2)29(20(30)17(11)18)14-8-26-28(9-14)10-21(22,23)24;1-2-3/h5-9,12H,10H2,1-4H3;3H,2H2,1H3. The molecule has 9 nitrogen and oxygen atoms in total. The summed E-state index contributed by atoms with van der Waals surface area (Å²) in [6.07, 6.45) is -0.355. The van der Waals surface area contributed by atoms with Crippen molar-refractivity contribution in [2.24, 2.45) is 0 Å². The number of ether oxygens (including phenoxy) is 2. The van der Waals surface area contributed by atoms with Crippen LogP contribution < -0.4 is 14.4 Å². The van der Waals surface area contributed by atoms with Gasteiger partial charge in [0.2, 0.25) is 0 Å². The molecule has 1 N–H and O–H groups in total. The van der Waals surface area contributed by atoms with Gasteiger partial charge in [0.15, 0.2) is 5.75 Å². The van der Waals surface area contributed by atoms with Gasteiger partial charge in [-0.3, -0.25) is 14.4 Å². The molecule has 1 atom stereocenters. The Bertz CT molecular complexity index is 1210. The van der Waals surface area contributed by atoms with Crippen LogP contribution in [0.1, 0.15) is 41.5 Å². The molecule has 3 aromatic heterocycles. The molecule has 4 rings (SSSR count). The normalized spacial score (nSPS) is 14.9. The van der Waals surface area contributed by atoms with Crippen molar-refractivity contribution in [1.29, 1.82) is 0 Å². The van der Waals surface area contributed by atoms with Gasteiger partial charge in [0.25, 0.3) is 11.8 Å². The van der Waals surface area contributed by atoms with Gasteiger partial charge in [-0.1, -0.05) is 0 Å². The Morgan fingerprint density at radius 3 is 2.46 bits per heavy atom. The first-order chi connectivity index (χ1) is 16.5. The van der Waals surface area contributed by atoms with Gasteiger partial charge < -0.3 is 14.6 Å². The number of aliphatic hydroxyl groups excluding tert-OH is 1. The minimum atomic E-state index is -4.41. The minimum absolute atomic E-state index is 0.250. The summed E-state index contributed by atoms with van der Waals surface area (Å²) < 4.78 is 49.3. The highest BCUT2D eigenvalue weighted by Gasteiger charge is 2.39. The number of hydrogen-bond donors (Lipinski definition) is 1. The zero-order valence-corrected chi connectivity index (χ0v) is 19.9. The summed E-state index contributed by atoms with van der Waals surface area (Å²) in [5.41, 5.74) is 3.19. The number of amides is 1. The number of nitrogens with zero attached hydrogens (tertiary/aromatic N) is 5. The first-order valence-corrected chi connectivity index (χ1v) is 10.7. The van der Waals surface area contributed by atoms with E-state index in [1.165, 1.54) is 31.5 Å². The average molecular weight is 493 g/mol. The van der Waals surface area contributed by atoms with Crippen LogP contribution in [0.4, 0.5) is 18.9 Å². The highest BCUT2D eigenvalue weighted by Crippen LogP contribution is 2.39. The third kappa shape index (κ3) is 5.37. The van der Waals surface area contributed by atoms with Crippen molar-refractivity contribution in [2.45, 2.75) is 39.5 Å². The third-order valence-electron chi connectivity index (χ3n) is 5.23. The number of aliphatic hydroxyl groups is 1. The summed E-state index contributed by atoms with van der Waals surface area (Å²) >= 11 is 0.